The molecule has 0 amide bonds. The molecule has 2 aromatic rings. The molecule has 0 spiro atoms. The second kappa shape index (κ2) is 7.01. The lowest BCUT2D eigenvalue weighted by molar-refractivity contribution is 0.198. The number of benzene rings is 2. The van der Waals surface area contributed by atoms with Gasteiger partial charge in [0.2, 0.25) is 0 Å². The summed E-state index contributed by atoms with van der Waals surface area (Å²) in [6, 6.07) is 14.6. The molecule has 1 heterocycles. The first-order chi connectivity index (χ1) is 10.7. The second-order valence-corrected chi connectivity index (χ2v) is 6.47. The average molecular weight is 335 g/mol. The maximum atomic E-state index is 6.54. The van der Waals surface area contributed by atoms with Gasteiger partial charge in [-0.05, 0) is 29.7 Å². The topological polar surface area (TPSA) is 15.3 Å². The highest BCUT2D eigenvalue weighted by atomic mass is 35.5. The Balaban J connectivity index is 2.10. The molecule has 0 bridgehead atoms. The minimum Gasteiger partial charge on any atom is -0.314 e. The molecule has 1 aliphatic rings. The predicted octanol–water partition coefficient (Wildman–Crippen LogP) is 4.30. The summed E-state index contributed by atoms with van der Waals surface area (Å²) in [5.74, 6) is 0. The van der Waals surface area contributed by atoms with Crippen LogP contribution in [-0.2, 0) is 0 Å². The van der Waals surface area contributed by atoms with E-state index in [9.17, 15) is 0 Å². The van der Waals surface area contributed by atoms with Crippen LogP contribution in [0.3, 0.4) is 0 Å². The van der Waals surface area contributed by atoms with Gasteiger partial charge in [0, 0.05) is 26.2 Å². The van der Waals surface area contributed by atoms with Crippen molar-refractivity contribution in [3.63, 3.8) is 0 Å². The maximum Gasteiger partial charge on any atom is 0.0643 e. The Morgan fingerprint density at radius 1 is 0.955 bits per heavy atom. The Kier molecular flexibility index (Phi) is 5.04. The number of nitrogens with one attached hydrogen (secondary N) is 1. The molecule has 1 aliphatic heterocycles. The Bertz CT molecular complexity index is 651. The zero-order valence-corrected chi connectivity index (χ0v) is 14.2. The highest BCUT2D eigenvalue weighted by molar-refractivity contribution is 6.42. The van der Waals surface area contributed by atoms with E-state index in [0.29, 0.717) is 10.0 Å². The number of rotatable bonds is 3. The highest BCUT2D eigenvalue weighted by Crippen LogP contribution is 2.37. The van der Waals surface area contributed by atoms with Crippen LogP contribution in [0.25, 0.3) is 0 Å². The summed E-state index contributed by atoms with van der Waals surface area (Å²) in [6.45, 7) is 6.16. The number of halogens is 2. The van der Waals surface area contributed by atoms with Crippen molar-refractivity contribution in [1.82, 2.24) is 10.2 Å². The normalized spacial score (nSPS) is 17.4. The quantitative estimate of drug-likeness (QED) is 0.900. The lowest BCUT2D eigenvalue weighted by Crippen LogP contribution is -2.45. The molecule has 0 saturated carbocycles. The SMILES string of the molecule is Cc1ccccc1C(c1cccc(Cl)c1Cl)N1CCNCC1. The fourth-order valence-electron chi connectivity index (χ4n) is 3.13. The predicted molar refractivity (Wildman–Crippen MR) is 93.9 cm³/mol. The van der Waals surface area contributed by atoms with Gasteiger partial charge < -0.3 is 5.32 Å². The van der Waals surface area contributed by atoms with Crippen molar-refractivity contribution in [1.29, 1.82) is 0 Å². The van der Waals surface area contributed by atoms with E-state index in [4.69, 9.17) is 23.2 Å². The van der Waals surface area contributed by atoms with Crippen molar-refractivity contribution in [3.05, 3.63) is 69.2 Å². The van der Waals surface area contributed by atoms with E-state index in [0.717, 1.165) is 31.7 Å². The Morgan fingerprint density at radius 3 is 2.36 bits per heavy atom. The number of nitrogens with zero attached hydrogens (tertiary/aromatic N) is 1. The molecule has 116 valence electrons. The Morgan fingerprint density at radius 2 is 1.64 bits per heavy atom. The van der Waals surface area contributed by atoms with Crippen molar-refractivity contribution < 1.29 is 0 Å². The maximum absolute atomic E-state index is 6.54. The van der Waals surface area contributed by atoms with Gasteiger partial charge in [0.25, 0.3) is 0 Å². The number of piperazine rings is 1. The number of aryl methyl sites for hydroxylation is 1. The summed E-state index contributed by atoms with van der Waals surface area (Å²) >= 11 is 12.8. The van der Waals surface area contributed by atoms with E-state index < -0.39 is 0 Å². The van der Waals surface area contributed by atoms with E-state index in [2.05, 4.69) is 47.5 Å². The Hall–Kier alpha value is -1.06. The average Bonchev–Trinajstić information content (AvgIpc) is 2.54. The molecular formula is C18H20Cl2N2. The van der Waals surface area contributed by atoms with E-state index in [1.807, 2.05) is 12.1 Å². The van der Waals surface area contributed by atoms with Gasteiger partial charge >= 0.3 is 0 Å². The molecule has 0 radical (unpaired) electrons. The van der Waals surface area contributed by atoms with Crippen LogP contribution >= 0.6 is 23.2 Å². The van der Waals surface area contributed by atoms with Gasteiger partial charge in [-0.3, -0.25) is 4.90 Å². The summed E-state index contributed by atoms with van der Waals surface area (Å²) in [4.78, 5) is 2.48. The van der Waals surface area contributed by atoms with Crippen molar-refractivity contribution in [3.8, 4) is 0 Å². The highest BCUT2D eigenvalue weighted by Gasteiger charge is 2.27. The van der Waals surface area contributed by atoms with Gasteiger partial charge in [0.1, 0.15) is 0 Å². The molecule has 0 aromatic heterocycles. The first kappa shape index (κ1) is 15.8. The van der Waals surface area contributed by atoms with E-state index in [1.165, 1.54) is 11.1 Å². The lowest BCUT2D eigenvalue weighted by atomic mass is 9.93. The van der Waals surface area contributed by atoms with Gasteiger partial charge in [-0.15, -0.1) is 0 Å². The molecule has 0 aliphatic carbocycles. The van der Waals surface area contributed by atoms with Gasteiger partial charge in [-0.25, -0.2) is 0 Å². The third-order valence-corrected chi connectivity index (χ3v) is 5.11. The standard InChI is InChI=1S/C18H20Cl2N2/c1-13-5-2-3-6-14(13)18(22-11-9-21-10-12-22)15-7-4-8-16(19)17(15)20/h2-8,18,21H,9-12H2,1H3. The van der Waals surface area contributed by atoms with Crippen LogP contribution in [0.5, 0.6) is 0 Å². The van der Waals surface area contributed by atoms with Crippen molar-refractivity contribution in [2.75, 3.05) is 26.2 Å². The van der Waals surface area contributed by atoms with Crippen molar-refractivity contribution in [2.45, 2.75) is 13.0 Å². The zero-order chi connectivity index (χ0) is 15.5. The molecule has 1 fully saturated rings. The molecule has 22 heavy (non-hydrogen) atoms. The van der Waals surface area contributed by atoms with Crippen LogP contribution < -0.4 is 5.32 Å². The van der Waals surface area contributed by atoms with Gasteiger partial charge in [-0.2, -0.15) is 0 Å². The minimum absolute atomic E-state index is 0.148. The monoisotopic (exact) mass is 334 g/mol. The van der Waals surface area contributed by atoms with Gasteiger partial charge in [0.05, 0.1) is 16.1 Å². The third kappa shape index (κ3) is 3.16. The second-order valence-electron chi connectivity index (χ2n) is 5.69. The van der Waals surface area contributed by atoms with E-state index in [-0.39, 0.29) is 6.04 Å². The molecule has 1 saturated heterocycles. The summed E-state index contributed by atoms with van der Waals surface area (Å²) < 4.78 is 0. The van der Waals surface area contributed by atoms with Gasteiger partial charge in [-0.1, -0.05) is 59.6 Å². The molecule has 4 heteroatoms. The zero-order valence-electron chi connectivity index (χ0n) is 12.7. The molecule has 1 unspecified atom stereocenters. The van der Waals surface area contributed by atoms with Crippen molar-refractivity contribution in [2.24, 2.45) is 0 Å². The third-order valence-electron chi connectivity index (χ3n) is 4.28. The molecule has 3 rings (SSSR count). The largest absolute Gasteiger partial charge is 0.314 e. The van der Waals surface area contributed by atoms with E-state index >= 15 is 0 Å². The molecular weight excluding hydrogens is 315 g/mol. The summed E-state index contributed by atoms with van der Waals surface area (Å²) in [5.41, 5.74) is 3.67. The first-order valence-corrected chi connectivity index (χ1v) is 8.38. The number of hydrogen-bond acceptors (Lipinski definition) is 2. The smallest absolute Gasteiger partial charge is 0.0643 e. The summed E-state index contributed by atoms with van der Waals surface area (Å²) in [6.07, 6.45) is 0. The van der Waals surface area contributed by atoms with Crippen LogP contribution in [0.15, 0.2) is 42.5 Å². The van der Waals surface area contributed by atoms with Crippen LogP contribution in [0.4, 0.5) is 0 Å². The lowest BCUT2D eigenvalue weighted by Gasteiger charge is -2.36. The molecule has 1 atom stereocenters. The molecule has 1 N–H and O–H groups in total. The fourth-order valence-corrected chi connectivity index (χ4v) is 3.54. The first-order valence-electron chi connectivity index (χ1n) is 7.62. The van der Waals surface area contributed by atoms with Crippen LogP contribution in [0.1, 0.15) is 22.7 Å². The van der Waals surface area contributed by atoms with Gasteiger partial charge in [0.15, 0.2) is 0 Å². The summed E-state index contributed by atoms with van der Waals surface area (Å²) in [5, 5.41) is 4.69. The minimum atomic E-state index is 0.148. The van der Waals surface area contributed by atoms with Crippen LogP contribution in [0, 0.1) is 6.92 Å². The Labute approximate surface area is 142 Å². The number of hydrogen-bond donors (Lipinski definition) is 1. The summed E-state index contributed by atoms with van der Waals surface area (Å²) in [7, 11) is 0. The van der Waals surface area contributed by atoms with Crippen LogP contribution in [-0.4, -0.2) is 31.1 Å². The van der Waals surface area contributed by atoms with E-state index in [1.54, 1.807) is 0 Å². The molecule has 2 aromatic carbocycles. The van der Waals surface area contributed by atoms with Crippen LogP contribution in [0.2, 0.25) is 10.0 Å². The fraction of sp³-hybridized carbons (Fsp3) is 0.333. The van der Waals surface area contributed by atoms with Crippen molar-refractivity contribution >= 4 is 23.2 Å². The molecule has 2 nitrogen and oxygen atoms in total.